The fourth-order valence-electron chi connectivity index (χ4n) is 2.26. The van der Waals surface area contributed by atoms with Crippen molar-refractivity contribution in [3.8, 4) is 0 Å². The zero-order valence-electron chi connectivity index (χ0n) is 13.8. The minimum atomic E-state index is -0.551. The van der Waals surface area contributed by atoms with Gasteiger partial charge < -0.3 is 10.2 Å². The summed E-state index contributed by atoms with van der Waals surface area (Å²) in [6.07, 6.45) is 3.49. The molecule has 0 bridgehead atoms. The number of halogens is 2. The monoisotopic (exact) mass is 363 g/mol. The van der Waals surface area contributed by atoms with Gasteiger partial charge in [-0.15, -0.1) is 0 Å². The van der Waals surface area contributed by atoms with Gasteiger partial charge in [0.2, 0.25) is 11.8 Å². The zero-order chi connectivity index (χ0) is 18.2. The molecule has 0 spiro atoms. The summed E-state index contributed by atoms with van der Waals surface area (Å²) in [7, 11) is 0. The molecule has 0 unspecified atom stereocenters. The van der Waals surface area contributed by atoms with Crippen LogP contribution >= 0.6 is 11.6 Å². The molecule has 132 valence electrons. The van der Waals surface area contributed by atoms with Crippen molar-refractivity contribution in [1.82, 2.24) is 9.88 Å². The Labute approximate surface area is 150 Å². The molecule has 2 aromatic rings. The van der Waals surface area contributed by atoms with Crippen molar-refractivity contribution in [2.45, 2.75) is 26.3 Å². The second-order valence-corrected chi connectivity index (χ2v) is 5.85. The van der Waals surface area contributed by atoms with Gasteiger partial charge in [-0.3, -0.25) is 14.6 Å². The molecule has 0 atom stereocenters. The fraction of sp³-hybridized carbons (Fsp3) is 0.278. The van der Waals surface area contributed by atoms with Crippen LogP contribution in [0.15, 0.2) is 42.7 Å². The number of aromatic nitrogens is 1. The lowest BCUT2D eigenvalue weighted by Gasteiger charge is -2.21. The molecule has 1 aromatic heterocycles. The standard InChI is InChI=1S/C18H19ClFN3O2/c1-2-23(12-13-7-9-21-10-8-13)18(25)6-5-17(24)22-14-3-4-16(20)15(19)11-14/h3-4,7-11H,2,5-6,12H2,1H3,(H,22,24). The van der Waals surface area contributed by atoms with Gasteiger partial charge in [-0.1, -0.05) is 11.6 Å². The molecular weight excluding hydrogens is 345 g/mol. The molecule has 2 amide bonds. The fourth-order valence-corrected chi connectivity index (χ4v) is 2.44. The first-order valence-corrected chi connectivity index (χ1v) is 8.29. The lowest BCUT2D eigenvalue weighted by atomic mass is 10.2. The smallest absolute Gasteiger partial charge is 0.224 e. The molecule has 7 heteroatoms. The quantitative estimate of drug-likeness (QED) is 0.816. The lowest BCUT2D eigenvalue weighted by Crippen LogP contribution is -2.31. The predicted molar refractivity (Wildman–Crippen MR) is 94.6 cm³/mol. The minimum Gasteiger partial charge on any atom is -0.339 e. The number of anilines is 1. The number of nitrogens with one attached hydrogen (secondary N) is 1. The highest BCUT2D eigenvalue weighted by atomic mass is 35.5. The topological polar surface area (TPSA) is 62.3 Å². The number of rotatable bonds is 7. The van der Waals surface area contributed by atoms with Gasteiger partial charge in [0.15, 0.2) is 0 Å². The van der Waals surface area contributed by atoms with Crippen LogP contribution in [0.3, 0.4) is 0 Å². The SMILES string of the molecule is CCN(Cc1ccncc1)C(=O)CCC(=O)Nc1ccc(F)c(Cl)c1. The van der Waals surface area contributed by atoms with Crippen LogP contribution < -0.4 is 5.32 Å². The van der Waals surface area contributed by atoms with Gasteiger partial charge in [0.25, 0.3) is 0 Å². The molecule has 1 aromatic carbocycles. The van der Waals surface area contributed by atoms with E-state index in [-0.39, 0.29) is 29.7 Å². The third-order valence-corrected chi connectivity index (χ3v) is 3.92. The number of carbonyl (C=O) groups is 2. The van der Waals surface area contributed by atoms with Crippen LogP contribution in [0, 0.1) is 5.82 Å². The molecule has 0 aliphatic rings. The van der Waals surface area contributed by atoms with E-state index in [1.54, 1.807) is 17.3 Å². The van der Waals surface area contributed by atoms with Crippen molar-refractivity contribution >= 4 is 29.1 Å². The number of nitrogens with zero attached hydrogens (tertiary/aromatic N) is 2. The van der Waals surface area contributed by atoms with E-state index >= 15 is 0 Å². The summed E-state index contributed by atoms with van der Waals surface area (Å²) in [6, 6.07) is 7.62. The first-order valence-electron chi connectivity index (χ1n) is 7.91. The summed E-state index contributed by atoms with van der Waals surface area (Å²) >= 11 is 5.67. The average Bonchev–Trinajstić information content (AvgIpc) is 2.61. The van der Waals surface area contributed by atoms with Crippen molar-refractivity contribution in [3.63, 3.8) is 0 Å². The van der Waals surface area contributed by atoms with Gasteiger partial charge in [0.05, 0.1) is 5.02 Å². The Hall–Kier alpha value is -2.47. The van der Waals surface area contributed by atoms with E-state index in [1.807, 2.05) is 19.1 Å². The highest BCUT2D eigenvalue weighted by molar-refractivity contribution is 6.31. The number of hydrogen-bond donors (Lipinski definition) is 1. The summed E-state index contributed by atoms with van der Waals surface area (Å²) in [6.45, 7) is 2.92. The highest BCUT2D eigenvalue weighted by Gasteiger charge is 2.14. The molecule has 5 nitrogen and oxygen atoms in total. The van der Waals surface area contributed by atoms with Crippen molar-refractivity contribution in [1.29, 1.82) is 0 Å². The second kappa shape index (κ2) is 9.13. The molecular formula is C18H19ClFN3O2. The van der Waals surface area contributed by atoms with Crippen LogP contribution in [0.25, 0.3) is 0 Å². The van der Waals surface area contributed by atoms with Gasteiger partial charge in [0, 0.05) is 44.0 Å². The Kier molecular flexibility index (Phi) is 6.89. The van der Waals surface area contributed by atoms with Crippen LogP contribution in [0.5, 0.6) is 0 Å². The van der Waals surface area contributed by atoms with E-state index in [0.717, 1.165) is 5.56 Å². The Balaban J connectivity index is 1.84. The molecule has 2 rings (SSSR count). The van der Waals surface area contributed by atoms with Gasteiger partial charge in [-0.25, -0.2) is 4.39 Å². The molecule has 1 heterocycles. The van der Waals surface area contributed by atoms with E-state index in [2.05, 4.69) is 10.3 Å². The normalized spacial score (nSPS) is 10.4. The second-order valence-electron chi connectivity index (χ2n) is 5.44. The average molecular weight is 364 g/mol. The molecule has 0 fully saturated rings. The number of pyridine rings is 1. The Morgan fingerprint density at radius 1 is 1.20 bits per heavy atom. The van der Waals surface area contributed by atoms with Crippen molar-refractivity contribution in [2.75, 3.05) is 11.9 Å². The zero-order valence-corrected chi connectivity index (χ0v) is 14.6. The van der Waals surface area contributed by atoms with Crippen LogP contribution in [-0.2, 0) is 16.1 Å². The van der Waals surface area contributed by atoms with E-state index in [1.165, 1.54) is 18.2 Å². The predicted octanol–water partition coefficient (Wildman–Crippen LogP) is 3.64. The summed E-state index contributed by atoms with van der Waals surface area (Å²) in [4.78, 5) is 29.9. The highest BCUT2D eigenvalue weighted by Crippen LogP contribution is 2.19. The Morgan fingerprint density at radius 3 is 2.56 bits per heavy atom. The Bertz CT molecular complexity index is 740. The van der Waals surface area contributed by atoms with Gasteiger partial charge >= 0.3 is 0 Å². The van der Waals surface area contributed by atoms with Gasteiger partial charge in [-0.2, -0.15) is 0 Å². The molecule has 0 saturated carbocycles. The maximum atomic E-state index is 13.1. The summed E-state index contributed by atoms with van der Waals surface area (Å²) in [5, 5.41) is 2.54. The largest absolute Gasteiger partial charge is 0.339 e. The van der Waals surface area contributed by atoms with Crippen LogP contribution in [0.4, 0.5) is 10.1 Å². The molecule has 1 N–H and O–H groups in total. The summed E-state index contributed by atoms with van der Waals surface area (Å²) in [5.41, 5.74) is 1.38. The summed E-state index contributed by atoms with van der Waals surface area (Å²) < 4.78 is 13.1. The van der Waals surface area contributed by atoms with Crippen molar-refractivity contribution in [2.24, 2.45) is 0 Å². The van der Waals surface area contributed by atoms with E-state index in [0.29, 0.717) is 18.8 Å². The number of amides is 2. The maximum absolute atomic E-state index is 13.1. The first kappa shape index (κ1) is 18.9. The third-order valence-electron chi connectivity index (χ3n) is 3.63. The van der Waals surface area contributed by atoms with Crippen molar-refractivity contribution in [3.05, 3.63) is 59.1 Å². The minimum absolute atomic E-state index is 0.0423. The Morgan fingerprint density at radius 2 is 1.92 bits per heavy atom. The summed E-state index contributed by atoms with van der Waals surface area (Å²) in [5.74, 6) is -0.980. The van der Waals surface area contributed by atoms with Crippen LogP contribution in [0.2, 0.25) is 5.02 Å². The maximum Gasteiger partial charge on any atom is 0.224 e. The molecule has 0 aliphatic carbocycles. The number of carbonyl (C=O) groups excluding carboxylic acids is 2. The molecule has 0 aliphatic heterocycles. The molecule has 25 heavy (non-hydrogen) atoms. The molecule has 0 saturated heterocycles. The van der Waals surface area contributed by atoms with Gasteiger partial charge in [0.1, 0.15) is 5.82 Å². The number of hydrogen-bond acceptors (Lipinski definition) is 3. The van der Waals surface area contributed by atoms with E-state index < -0.39 is 5.82 Å². The first-order chi connectivity index (χ1) is 12.0. The van der Waals surface area contributed by atoms with Crippen LogP contribution in [-0.4, -0.2) is 28.2 Å². The van der Waals surface area contributed by atoms with Gasteiger partial charge in [-0.05, 0) is 42.8 Å². The van der Waals surface area contributed by atoms with Crippen LogP contribution in [0.1, 0.15) is 25.3 Å². The van der Waals surface area contributed by atoms with Crippen molar-refractivity contribution < 1.29 is 14.0 Å². The lowest BCUT2D eigenvalue weighted by molar-refractivity contribution is -0.133. The van der Waals surface area contributed by atoms with E-state index in [9.17, 15) is 14.0 Å². The number of benzene rings is 1. The molecule has 0 radical (unpaired) electrons. The van der Waals surface area contributed by atoms with E-state index in [4.69, 9.17) is 11.6 Å². The third kappa shape index (κ3) is 5.83.